The number of hydrogen-bond donors (Lipinski definition) is 1. The monoisotopic (exact) mass is 310 g/mol. The smallest absolute Gasteiger partial charge is 0.0250 e. The summed E-state index contributed by atoms with van der Waals surface area (Å²) in [5, 5.41) is 3.53. The van der Waals surface area contributed by atoms with E-state index >= 15 is 0 Å². The summed E-state index contributed by atoms with van der Waals surface area (Å²) in [5.41, 5.74) is 1.41. The molecule has 0 radical (unpaired) electrons. The van der Waals surface area contributed by atoms with E-state index in [4.69, 9.17) is 0 Å². The Kier molecular flexibility index (Phi) is 5.22. The summed E-state index contributed by atoms with van der Waals surface area (Å²) in [6.07, 6.45) is 1.25. The van der Waals surface area contributed by atoms with Gasteiger partial charge in [-0.2, -0.15) is 0 Å². The quantitative estimate of drug-likeness (QED) is 0.918. The van der Waals surface area contributed by atoms with Gasteiger partial charge < -0.3 is 5.32 Å². The van der Waals surface area contributed by atoms with Crippen molar-refractivity contribution in [2.24, 2.45) is 5.92 Å². The van der Waals surface area contributed by atoms with Crippen molar-refractivity contribution in [2.45, 2.75) is 32.9 Å². The van der Waals surface area contributed by atoms with Gasteiger partial charge in [-0.15, -0.1) is 0 Å². The van der Waals surface area contributed by atoms with Gasteiger partial charge in [-0.05, 0) is 23.6 Å². The maximum atomic E-state index is 3.53. The van der Waals surface area contributed by atoms with E-state index < -0.39 is 0 Å². The van der Waals surface area contributed by atoms with Crippen LogP contribution in [0.4, 0.5) is 0 Å². The van der Waals surface area contributed by atoms with E-state index in [-0.39, 0.29) is 0 Å². The Balaban J connectivity index is 2.03. The van der Waals surface area contributed by atoms with Crippen LogP contribution in [0.5, 0.6) is 0 Å². The van der Waals surface area contributed by atoms with Crippen molar-refractivity contribution in [2.75, 3.05) is 19.6 Å². The third-order valence-corrected chi connectivity index (χ3v) is 4.53. The molecule has 0 bridgehead atoms. The van der Waals surface area contributed by atoms with Gasteiger partial charge in [0.05, 0.1) is 0 Å². The number of rotatable bonds is 4. The average molecular weight is 311 g/mol. The molecule has 2 atom stereocenters. The van der Waals surface area contributed by atoms with Gasteiger partial charge in [0.1, 0.15) is 0 Å². The molecule has 1 heterocycles. The number of nitrogens with one attached hydrogen (secondary N) is 1. The summed E-state index contributed by atoms with van der Waals surface area (Å²) < 4.78 is 1.16. The van der Waals surface area contributed by atoms with E-state index in [1.165, 1.54) is 12.0 Å². The normalized spacial score (nSPS) is 22.9. The first kappa shape index (κ1) is 14.0. The van der Waals surface area contributed by atoms with E-state index in [9.17, 15) is 0 Å². The summed E-state index contributed by atoms with van der Waals surface area (Å²) in [7, 11) is 0. The van der Waals surface area contributed by atoms with E-state index in [0.717, 1.165) is 36.6 Å². The van der Waals surface area contributed by atoms with Gasteiger partial charge in [-0.1, -0.05) is 48.3 Å². The van der Waals surface area contributed by atoms with E-state index in [1.807, 2.05) is 0 Å². The largest absolute Gasteiger partial charge is 0.314 e. The molecule has 0 saturated carbocycles. The number of benzene rings is 1. The van der Waals surface area contributed by atoms with Gasteiger partial charge in [0, 0.05) is 36.7 Å². The van der Waals surface area contributed by atoms with Gasteiger partial charge >= 0.3 is 0 Å². The molecule has 18 heavy (non-hydrogen) atoms. The molecule has 1 aliphatic rings. The van der Waals surface area contributed by atoms with Crippen LogP contribution in [-0.2, 0) is 6.54 Å². The molecule has 1 fully saturated rings. The molecule has 1 N–H and O–H groups in total. The summed E-state index contributed by atoms with van der Waals surface area (Å²) in [4.78, 5) is 2.63. The van der Waals surface area contributed by atoms with E-state index in [2.05, 4.69) is 64.3 Å². The zero-order valence-electron chi connectivity index (χ0n) is 11.3. The van der Waals surface area contributed by atoms with Crippen molar-refractivity contribution < 1.29 is 0 Å². The zero-order chi connectivity index (χ0) is 13.0. The summed E-state index contributed by atoms with van der Waals surface area (Å²) in [6.45, 7) is 9.13. The second-order valence-corrected chi connectivity index (χ2v) is 6.17. The number of halogens is 1. The SMILES string of the molecule is CCC(C)C1CNCCN1Cc1ccc(Br)cc1. The minimum Gasteiger partial charge on any atom is -0.314 e. The Morgan fingerprint density at radius 3 is 2.78 bits per heavy atom. The first-order chi connectivity index (χ1) is 8.70. The lowest BCUT2D eigenvalue weighted by molar-refractivity contribution is 0.109. The van der Waals surface area contributed by atoms with Crippen molar-refractivity contribution in [1.29, 1.82) is 0 Å². The fourth-order valence-electron chi connectivity index (χ4n) is 2.62. The molecular formula is C15H23BrN2. The van der Waals surface area contributed by atoms with E-state index in [1.54, 1.807) is 0 Å². The van der Waals surface area contributed by atoms with Gasteiger partial charge in [0.25, 0.3) is 0 Å². The van der Waals surface area contributed by atoms with Gasteiger partial charge in [0.2, 0.25) is 0 Å². The molecule has 0 aromatic heterocycles. The Labute approximate surface area is 119 Å². The van der Waals surface area contributed by atoms with Crippen molar-refractivity contribution in [1.82, 2.24) is 10.2 Å². The topological polar surface area (TPSA) is 15.3 Å². The number of piperazine rings is 1. The summed E-state index contributed by atoms with van der Waals surface area (Å²) >= 11 is 3.49. The van der Waals surface area contributed by atoms with Crippen LogP contribution in [0.25, 0.3) is 0 Å². The molecule has 1 aromatic rings. The summed E-state index contributed by atoms with van der Waals surface area (Å²) in [5.74, 6) is 0.758. The molecule has 1 saturated heterocycles. The first-order valence-electron chi connectivity index (χ1n) is 6.90. The lowest BCUT2D eigenvalue weighted by atomic mass is 9.95. The minimum atomic E-state index is 0.674. The Morgan fingerprint density at radius 2 is 2.11 bits per heavy atom. The molecule has 2 rings (SSSR count). The third-order valence-electron chi connectivity index (χ3n) is 4.00. The van der Waals surface area contributed by atoms with Crippen molar-refractivity contribution in [3.63, 3.8) is 0 Å². The van der Waals surface area contributed by atoms with Crippen LogP contribution >= 0.6 is 15.9 Å². The highest BCUT2D eigenvalue weighted by atomic mass is 79.9. The maximum Gasteiger partial charge on any atom is 0.0250 e. The summed E-state index contributed by atoms with van der Waals surface area (Å²) in [6, 6.07) is 9.39. The first-order valence-corrected chi connectivity index (χ1v) is 7.69. The van der Waals surface area contributed by atoms with Gasteiger partial charge in [0.15, 0.2) is 0 Å². The molecule has 2 nitrogen and oxygen atoms in total. The lowest BCUT2D eigenvalue weighted by Gasteiger charge is -2.39. The molecule has 2 unspecified atom stereocenters. The van der Waals surface area contributed by atoms with Crippen LogP contribution in [0, 0.1) is 5.92 Å². The molecule has 0 aliphatic carbocycles. The van der Waals surface area contributed by atoms with Crippen molar-refractivity contribution >= 4 is 15.9 Å². The Hall–Kier alpha value is -0.380. The fourth-order valence-corrected chi connectivity index (χ4v) is 2.89. The lowest BCUT2D eigenvalue weighted by Crippen LogP contribution is -2.53. The van der Waals surface area contributed by atoms with Crippen LogP contribution < -0.4 is 5.32 Å². The van der Waals surface area contributed by atoms with Crippen LogP contribution in [-0.4, -0.2) is 30.6 Å². The number of nitrogens with zero attached hydrogens (tertiary/aromatic N) is 1. The van der Waals surface area contributed by atoms with Gasteiger partial charge in [-0.25, -0.2) is 0 Å². The Bertz CT molecular complexity index is 363. The van der Waals surface area contributed by atoms with Crippen molar-refractivity contribution in [3.8, 4) is 0 Å². The zero-order valence-corrected chi connectivity index (χ0v) is 12.9. The third kappa shape index (κ3) is 3.56. The van der Waals surface area contributed by atoms with Gasteiger partial charge in [-0.3, -0.25) is 4.90 Å². The molecule has 100 valence electrons. The molecule has 0 spiro atoms. The molecule has 1 aliphatic heterocycles. The Morgan fingerprint density at radius 1 is 1.39 bits per heavy atom. The maximum absolute atomic E-state index is 3.53. The number of hydrogen-bond acceptors (Lipinski definition) is 2. The molecule has 3 heteroatoms. The second kappa shape index (κ2) is 6.69. The minimum absolute atomic E-state index is 0.674. The van der Waals surface area contributed by atoms with Crippen molar-refractivity contribution in [3.05, 3.63) is 34.3 Å². The highest BCUT2D eigenvalue weighted by molar-refractivity contribution is 9.10. The highest BCUT2D eigenvalue weighted by Gasteiger charge is 2.25. The fraction of sp³-hybridized carbons (Fsp3) is 0.600. The van der Waals surface area contributed by atoms with Crippen LogP contribution in [0.2, 0.25) is 0 Å². The molecular weight excluding hydrogens is 288 g/mol. The predicted octanol–water partition coefficient (Wildman–Crippen LogP) is 3.27. The van der Waals surface area contributed by atoms with E-state index in [0.29, 0.717) is 6.04 Å². The average Bonchev–Trinajstić information content (AvgIpc) is 2.41. The predicted molar refractivity (Wildman–Crippen MR) is 80.7 cm³/mol. The van der Waals surface area contributed by atoms with Crippen LogP contribution in [0.15, 0.2) is 28.7 Å². The standard InChI is InChI=1S/C15H23BrN2/c1-3-12(2)15-10-17-8-9-18(15)11-13-4-6-14(16)7-5-13/h4-7,12,15,17H,3,8-11H2,1-2H3. The molecule has 1 aromatic carbocycles. The molecule has 0 amide bonds. The second-order valence-electron chi connectivity index (χ2n) is 5.25. The van der Waals surface area contributed by atoms with Crippen LogP contribution in [0.1, 0.15) is 25.8 Å². The highest BCUT2D eigenvalue weighted by Crippen LogP contribution is 2.20. The van der Waals surface area contributed by atoms with Crippen LogP contribution in [0.3, 0.4) is 0 Å².